The molecule has 0 spiro atoms. The van der Waals surface area contributed by atoms with Gasteiger partial charge in [-0.3, -0.25) is 14.3 Å². The monoisotopic (exact) mass is 533 g/mol. The summed E-state index contributed by atoms with van der Waals surface area (Å²) < 4.78 is 0.639. The number of halogens is 4. The van der Waals surface area contributed by atoms with Gasteiger partial charge in [0.25, 0.3) is 0 Å². The minimum absolute atomic E-state index is 0. The average Bonchev–Trinajstić information content (AvgIpc) is 3.15. The normalized spacial score (nSPS) is 12.5. The zero-order valence-corrected chi connectivity index (χ0v) is 21.8. The fourth-order valence-corrected chi connectivity index (χ4v) is 4.05. The van der Waals surface area contributed by atoms with Gasteiger partial charge in [0.1, 0.15) is 0 Å². The van der Waals surface area contributed by atoms with E-state index in [1.807, 2.05) is 12.1 Å². The van der Waals surface area contributed by atoms with Crippen molar-refractivity contribution in [3.8, 4) is 0 Å². The minimum atomic E-state index is -0.295. The van der Waals surface area contributed by atoms with E-state index in [0.29, 0.717) is 16.2 Å². The number of benzene rings is 4. The zero-order chi connectivity index (χ0) is 24.7. The largest absolute Gasteiger partial charge is 0.273 e. The van der Waals surface area contributed by atoms with Crippen molar-refractivity contribution in [1.29, 1.82) is 0 Å². The Balaban J connectivity index is 0.000000189. The molecule has 0 atom stereocenters. The SMILES string of the molecule is Cc1ccc2cc(C)ccc2c1.ClCc1ccc2cc(CCl)ccc2c1.F.O=C1CCC(=O)N1Cl. The van der Waals surface area contributed by atoms with Gasteiger partial charge >= 0.3 is 0 Å². The van der Waals surface area contributed by atoms with Crippen LogP contribution in [0.3, 0.4) is 0 Å². The predicted molar refractivity (Wildman–Crippen MR) is 146 cm³/mol. The lowest BCUT2D eigenvalue weighted by Crippen LogP contribution is -2.16. The fourth-order valence-electron chi connectivity index (χ4n) is 3.54. The molecule has 35 heavy (non-hydrogen) atoms. The molecule has 0 aromatic heterocycles. The van der Waals surface area contributed by atoms with E-state index < -0.39 is 0 Å². The average molecular weight is 535 g/mol. The van der Waals surface area contributed by atoms with Crippen molar-refractivity contribution in [2.75, 3.05) is 0 Å². The fraction of sp³-hybridized carbons (Fsp3) is 0.214. The Morgan fingerprint density at radius 1 is 0.629 bits per heavy atom. The number of imide groups is 1. The maximum absolute atomic E-state index is 10.4. The van der Waals surface area contributed by atoms with Crippen molar-refractivity contribution in [3.63, 3.8) is 0 Å². The first-order valence-corrected chi connectivity index (χ1v) is 12.3. The van der Waals surface area contributed by atoms with Crippen molar-refractivity contribution in [3.05, 3.63) is 95.1 Å². The molecule has 1 aliphatic rings. The molecule has 4 aromatic rings. The Morgan fingerprint density at radius 2 is 0.971 bits per heavy atom. The highest BCUT2D eigenvalue weighted by molar-refractivity contribution is 6.32. The third-order valence-electron chi connectivity index (χ3n) is 5.42. The van der Waals surface area contributed by atoms with Gasteiger partial charge < -0.3 is 0 Å². The molecule has 1 heterocycles. The number of rotatable bonds is 2. The van der Waals surface area contributed by atoms with Crippen LogP contribution in [0.15, 0.2) is 72.8 Å². The first kappa shape index (κ1) is 28.6. The highest BCUT2D eigenvalue weighted by Crippen LogP contribution is 2.20. The lowest BCUT2D eigenvalue weighted by molar-refractivity contribution is -0.132. The van der Waals surface area contributed by atoms with Gasteiger partial charge in [-0.25, -0.2) is 0 Å². The Hall–Kier alpha value is -2.66. The molecule has 1 aliphatic heterocycles. The summed E-state index contributed by atoms with van der Waals surface area (Å²) in [6, 6.07) is 25.6. The van der Waals surface area contributed by atoms with Crippen molar-refractivity contribution in [1.82, 2.24) is 4.42 Å². The van der Waals surface area contributed by atoms with Crippen LogP contribution in [0.5, 0.6) is 0 Å². The van der Waals surface area contributed by atoms with Crippen LogP contribution in [-0.2, 0) is 21.3 Å². The summed E-state index contributed by atoms with van der Waals surface area (Å²) in [6.45, 7) is 4.25. The topological polar surface area (TPSA) is 37.4 Å². The summed E-state index contributed by atoms with van der Waals surface area (Å²) >= 11 is 16.7. The summed E-state index contributed by atoms with van der Waals surface area (Å²) in [6.07, 6.45) is 0.532. The Bertz CT molecular complexity index is 1230. The quantitative estimate of drug-likeness (QED) is 0.148. The van der Waals surface area contributed by atoms with Gasteiger partial charge in [0.15, 0.2) is 0 Å². The maximum Gasteiger partial charge on any atom is 0.244 e. The number of fused-ring (bicyclic) bond motifs is 2. The number of hydrogen-bond donors (Lipinski definition) is 0. The highest BCUT2D eigenvalue weighted by Gasteiger charge is 2.26. The van der Waals surface area contributed by atoms with E-state index in [2.05, 4.69) is 74.5 Å². The van der Waals surface area contributed by atoms with E-state index >= 15 is 0 Å². The minimum Gasteiger partial charge on any atom is -0.273 e. The van der Waals surface area contributed by atoms with Gasteiger partial charge in [0, 0.05) is 36.4 Å². The van der Waals surface area contributed by atoms with Crippen molar-refractivity contribution in [2.24, 2.45) is 0 Å². The molecule has 0 N–H and O–H groups in total. The molecule has 4 aromatic carbocycles. The van der Waals surface area contributed by atoms with E-state index in [0.717, 1.165) is 11.1 Å². The lowest BCUT2D eigenvalue weighted by Gasteiger charge is -2.02. The first-order valence-electron chi connectivity index (χ1n) is 10.9. The van der Waals surface area contributed by atoms with Gasteiger partial charge in [0.2, 0.25) is 11.8 Å². The summed E-state index contributed by atoms with van der Waals surface area (Å²) in [5.41, 5.74) is 4.95. The van der Waals surface area contributed by atoms with Crippen LogP contribution in [-0.4, -0.2) is 16.2 Å². The number of carbonyl (C=O) groups excluding carboxylic acids is 2. The third kappa shape index (κ3) is 7.93. The molecule has 0 radical (unpaired) electrons. The summed E-state index contributed by atoms with van der Waals surface area (Å²) in [7, 11) is 0. The van der Waals surface area contributed by atoms with Crippen molar-refractivity contribution < 1.29 is 14.3 Å². The molecule has 1 fully saturated rings. The van der Waals surface area contributed by atoms with Gasteiger partial charge in [-0.05, 0) is 58.7 Å². The Labute approximate surface area is 220 Å². The van der Waals surface area contributed by atoms with Gasteiger partial charge in [-0.15, -0.1) is 23.2 Å². The van der Waals surface area contributed by atoms with Gasteiger partial charge in [-0.2, -0.15) is 4.42 Å². The van der Waals surface area contributed by atoms with Crippen molar-refractivity contribution in [2.45, 2.75) is 38.4 Å². The molecule has 5 rings (SSSR count). The van der Waals surface area contributed by atoms with E-state index in [1.54, 1.807) is 0 Å². The smallest absolute Gasteiger partial charge is 0.244 e. The maximum atomic E-state index is 10.4. The summed E-state index contributed by atoms with van der Waals surface area (Å²) in [4.78, 5) is 20.7. The second-order valence-electron chi connectivity index (χ2n) is 8.21. The molecule has 0 saturated carbocycles. The van der Waals surface area contributed by atoms with E-state index in [1.165, 1.54) is 32.7 Å². The third-order valence-corrected chi connectivity index (χ3v) is 6.41. The molecule has 7 heteroatoms. The first-order chi connectivity index (χ1) is 16.3. The van der Waals surface area contributed by atoms with Crippen LogP contribution in [0.1, 0.15) is 35.1 Å². The second-order valence-corrected chi connectivity index (χ2v) is 9.08. The molecule has 2 amide bonds. The number of carbonyl (C=O) groups is 2. The van der Waals surface area contributed by atoms with E-state index in [-0.39, 0.29) is 29.4 Å². The van der Waals surface area contributed by atoms with Gasteiger partial charge in [-0.1, -0.05) is 71.8 Å². The Morgan fingerprint density at radius 3 is 1.29 bits per heavy atom. The predicted octanol–water partition coefficient (Wildman–Crippen LogP) is 8.22. The van der Waals surface area contributed by atoms with Crippen LogP contribution in [0, 0.1) is 13.8 Å². The van der Waals surface area contributed by atoms with E-state index in [4.69, 9.17) is 35.0 Å². The number of alkyl halides is 2. The molecular weight excluding hydrogens is 508 g/mol. The Kier molecular flexibility index (Phi) is 11.0. The molecule has 184 valence electrons. The number of aryl methyl sites for hydroxylation is 2. The molecule has 1 saturated heterocycles. The van der Waals surface area contributed by atoms with Crippen LogP contribution in [0.4, 0.5) is 4.70 Å². The molecular formula is C28H27Cl3FNO2. The second kappa shape index (κ2) is 13.4. The number of hydrogen-bond acceptors (Lipinski definition) is 2. The standard InChI is InChI=1S/C12H10Cl2.C12H12.C4H4ClNO2.FH/c13-7-9-1-3-11-6-10(8-14)2-4-12(11)5-9;1-9-3-5-12-8-10(2)4-6-11(12)7-9;5-6-3(7)1-2-4(6)8;/h1-6H,7-8H2;3-8H,1-2H3;1-2H2;1H. The van der Waals surface area contributed by atoms with Gasteiger partial charge in [0.05, 0.1) is 0 Å². The number of nitrogens with zero attached hydrogens (tertiary/aromatic N) is 1. The molecule has 0 aliphatic carbocycles. The molecule has 0 unspecified atom stereocenters. The molecule has 0 bridgehead atoms. The van der Waals surface area contributed by atoms with Crippen LogP contribution in [0.2, 0.25) is 0 Å². The summed E-state index contributed by atoms with van der Waals surface area (Å²) in [5.74, 6) is 0.536. The zero-order valence-electron chi connectivity index (χ0n) is 19.6. The van der Waals surface area contributed by atoms with Crippen molar-refractivity contribution >= 4 is 68.3 Å². The molecule has 3 nitrogen and oxygen atoms in total. The van der Waals surface area contributed by atoms with Crippen LogP contribution >= 0.6 is 35.0 Å². The van der Waals surface area contributed by atoms with Crippen LogP contribution in [0.25, 0.3) is 21.5 Å². The lowest BCUT2D eigenvalue weighted by atomic mass is 10.1. The number of amides is 2. The van der Waals surface area contributed by atoms with Crippen LogP contribution < -0.4 is 0 Å². The highest BCUT2D eigenvalue weighted by atomic mass is 35.5. The van der Waals surface area contributed by atoms with E-state index in [9.17, 15) is 9.59 Å². The summed E-state index contributed by atoms with van der Waals surface area (Å²) in [5, 5.41) is 5.11.